The number of halogens is 2. The Bertz CT molecular complexity index is 852. The van der Waals surface area contributed by atoms with E-state index in [0.717, 1.165) is 11.8 Å². The summed E-state index contributed by atoms with van der Waals surface area (Å²) in [7, 11) is -3.97. The smallest absolute Gasteiger partial charge is 0.333 e. The molecule has 0 bridgehead atoms. The molecule has 10 heteroatoms. The first-order chi connectivity index (χ1) is 12.9. The minimum atomic E-state index is -3.97. The number of alkyl halides is 2. The van der Waals surface area contributed by atoms with Crippen molar-refractivity contribution >= 4 is 10.0 Å². The van der Waals surface area contributed by atoms with E-state index in [4.69, 9.17) is 4.74 Å². The van der Waals surface area contributed by atoms with Gasteiger partial charge < -0.3 is 4.74 Å². The lowest BCUT2D eigenvalue weighted by atomic mass is 10.1. The van der Waals surface area contributed by atoms with Gasteiger partial charge in [0.1, 0.15) is 4.90 Å². The van der Waals surface area contributed by atoms with E-state index in [1.807, 2.05) is 30.3 Å². The van der Waals surface area contributed by atoms with E-state index in [1.165, 1.54) is 6.92 Å². The molecular formula is C17H22F2N4O3S. The quantitative estimate of drug-likeness (QED) is 0.769. The summed E-state index contributed by atoms with van der Waals surface area (Å²) < 4.78 is 59.4. The molecule has 3 rings (SSSR count). The van der Waals surface area contributed by atoms with E-state index in [-0.39, 0.29) is 23.2 Å². The van der Waals surface area contributed by atoms with Crippen molar-refractivity contribution in [1.82, 2.24) is 19.4 Å². The normalized spacial score (nSPS) is 17.3. The van der Waals surface area contributed by atoms with Crippen LogP contribution in [-0.2, 0) is 14.8 Å². The van der Waals surface area contributed by atoms with Crippen LogP contribution >= 0.6 is 0 Å². The van der Waals surface area contributed by atoms with Gasteiger partial charge in [-0.2, -0.15) is 13.9 Å². The Morgan fingerprint density at radius 2 is 1.89 bits per heavy atom. The zero-order chi connectivity index (χ0) is 19.4. The molecule has 1 atom stereocenters. The fourth-order valence-electron chi connectivity index (χ4n) is 3.16. The SMILES string of the molecule is Cc1c(S(=O)(=O)NC[C@H](c2ccccc2)N2CCOCC2)cnn1C(F)F. The number of rotatable bonds is 7. The number of morpholine rings is 1. The number of sulfonamides is 1. The lowest BCUT2D eigenvalue weighted by Gasteiger charge is -2.34. The van der Waals surface area contributed by atoms with Gasteiger partial charge in [0.15, 0.2) is 0 Å². The molecule has 1 aliphatic rings. The molecule has 27 heavy (non-hydrogen) atoms. The predicted molar refractivity (Wildman–Crippen MR) is 95.0 cm³/mol. The van der Waals surface area contributed by atoms with Crippen molar-refractivity contribution in [1.29, 1.82) is 0 Å². The lowest BCUT2D eigenvalue weighted by Crippen LogP contribution is -2.43. The van der Waals surface area contributed by atoms with Crippen molar-refractivity contribution in [2.24, 2.45) is 0 Å². The second-order valence-corrected chi connectivity index (χ2v) is 7.98. The number of hydrogen-bond acceptors (Lipinski definition) is 5. The van der Waals surface area contributed by atoms with E-state index >= 15 is 0 Å². The third-order valence-corrected chi connectivity index (χ3v) is 6.14. The minimum absolute atomic E-state index is 0.0971. The molecule has 2 aromatic rings. The second kappa shape index (κ2) is 8.42. The Morgan fingerprint density at radius 1 is 1.22 bits per heavy atom. The summed E-state index contributed by atoms with van der Waals surface area (Å²) in [6, 6.07) is 9.38. The lowest BCUT2D eigenvalue weighted by molar-refractivity contribution is 0.0172. The molecule has 0 unspecified atom stereocenters. The first kappa shape index (κ1) is 19.9. The highest BCUT2D eigenvalue weighted by Gasteiger charge is 2.27. The van der Waals surface area contributed by atoms with Crippen LogP contribution in [0.2, 0.25) is 0 Å². The molecule has 1 aromatic heterocycles. The highest BCUT2D eigenvalue weighted by molar-refractivity contribution is 7.89. The fraction of sp³-hybridized carbons (Fsp3) is 0.471. The van der Waals surface area contributed by atoms with Crippen LogP contribution < -0.4 is 4.72 Å². The minimum Gasteiger partial charge on any atom is -0.379 e. The zero-order valence-corrected chi connectivity index (χ0v) is 15.7. The number of aromatic nitrogens is 2. The van der Waals surface area contributed by atoms with Gasteiger partial charge in [-0.3, -0.25) is 4.90 Å². The van der Waals surface area contributed by atoms with Gasteiger partial charge in [0.05, 0.1) is 25.1 Å². The van der Waals surface area contributed by atoms with Crippen LogP contribution in [0.4, 0.5) is 8.78 Å². The average molecular weight is 400 g/mol. The predicted octanol–water partition coefficient (Wildman–Crippen LogP) is 1.94. The zero-order valence-electron chi connectivity index (χ0n) is 14.9. The molecule has 2 heterocycles. The Kier molecular flexibility index (Phi) is 6.20. The summed E-state index contributed by atoms with van der Waals surface area (Å²) in [5.41, 5.74) is 0.877. The molecule has 1 aliphatic heterocycles. The maximum atomic E-state index is 12.9. The van der Waals surface area contributed by atoms with Crippen molar-refractivity contribution in [3.05, 3.63) is 47.8 Å². The number of nitrogens with one attached hydrogen (secondary N) is 1. The second-order valence-electron chi connectivity index (χ2n) is 6.24. The summed E-state index contributed by atoms with van der Waals surface area (Å²) in [6.45, 7) is 1.06. The molecule has 1 fully saturated rings. The van der Waals surface area contributed by atoms with Crippen LogP contribution in [0.15, 0.2) is 41.4 Å². The summed E-state index contributed by atoms with van der Waals surface area (Å²) >= 11 is 0. The Labute approximate surface area is 157 Å². The van der Waals surface area contributed by atoms with Crippen LogP contribution in [0.1, 0.15) is 23.8 Å². The number of ether oxygens (including phenoxy) is 1. The van der Waals surface area contributed by atoms with E-state index < -0.39 is 16.6 Å². The molecule has 0 saturated carbocycles. The third-order valence-electron chi connectivity index (χ3n) is 4.61. The summed E-state index contributed by atoms with van der Waals surface area (Å²) in [4.78, 5) is 1.91. The van der Waals surface area contributed by atoms with E-state index in [2.05, 4.69) is 14.7 Å². The van der Waals surface area contributed by atoms with Crippen molar-refractivity contribution in [2.45, 2.75) is 24.4 Å². The van der Waals surface area contributed by atoms with Crippen LogP contribution in [-0.4, -0.2) is 55.9 Å². The molecule has 0 spiro atoms. The molecular weight excluding hydrogens is 378 g/mol. The molecule has 0 amide bonds. The van der Waals surface area contributed by atoms with Crippen molar-refractivity contribution in [3.63, 3.8) is 0 Å². The third kappa shape index (κ3) is 4.52. The first-order valence-electron chi connectivity index (χ1n) is 8.59. The van der Waals surface area contributed by atoms with E-state index in [9.17, 15) is 17.2 Å². The number of nitrogens with zero attached hydrogens (tertiary/aromatic N) is 3. The van der Waals surface area contributed by atoms with Gasteiger partial charge in [0.25, 0.3) is 0 Å². The van der Waals surface area contributed by atoms with Gasteiger partial charge in [0, 0.05) is 25.7 Å². The summed E-state index contributed by atoms with van der Waals surface area (Å²) in [5.74, 6) is 0. The Balaban J connectivity index is 1.80. The maximum Gasteiger partial charge on any atom is 0.333 e. The molecule has 1 N–H and O–H groups in total. The fourth-order valence-corrected chi connectivity index (χ4v) is 4.36. The molecule has 148 valence electrons. The van der Waals surface area contributed by atoms with Crippen LogP contribution in [0.25, 0.3) is 0 Å². The monoisotopic (exact) mass is 400 g/mol. The van der Waals surface area contributed by atoms with Crippen molar-refractivity contribution in [2.75, 3.05) is 32.8 Å². The molecule has 0 radical (unpaired) electrons. The van der Waals surface area contributed by atoms with Gasteiger partial charge in [-0.1, -0.05) is 30.3 Å². The first-order valence-corrected chi connectivity index (χ1v) is 10.1. The summed E-state index contributed by atoms with van der Waals surface area (Å²) in [5, 5.41) is 3.48. The molecule has 1 saturated heterocycles. The average Bonchev–Trinajstić information content (AvgIpc) is 3.06. The number of hydrogen-bond donors (Lipinski definition) is 1. The van der Waals surface area contributed by atoms with Crippen molar-refractivity contribution in [3.8, 4) is 0 Å². The summed E-state index contributed by atoms with van der Waals surface area (Å²) in [6.07, 6.45) is 0.954. The number of benzene rings is 1. The molecule has 1 aromatic carbocycles. The van der Waals surface area contributed by atoms with Crippen molar-refractivity contribution < 1.29 is 21.9 Å². The maximum absolute atomic E-state index is 12.9. The van der Waals surface area contributed by atoms with Gasteiger partial charge >= 0.3 is 6.55 Å². The Morgan fingerprint density at radius 3 is 2.48 bits per heavy atom. The standard InChI is InChI=1S/C17H22F2N4O3S/c1-13-16(12-20-23(13)17(18)19)27(24,25)21-11-15(14-5-3-2-4-6-14)22-7-9-26-10-8-22/h2-6,12,15,17,21H,7-11H2,1H3/t15-/m1/s1. The van der Waals surface area contributed by atoms with Crippen LogP contribution in [0, 0.1) is 6.92 Å². The van der Waals surface area contributed by atoms with Gasteiger partial charge in [-0.15, -0.1) is 0 Å². The van der Waals surface area contributed by atoms with Crippen LogP contribution in [0.5, 0.6) is 0 Å². The van der Waals surface area contributed by atoms with Gasteiger partial charge in [-0.25, -0.2) is 17.8 Å². The van der Waals surface area contributed by atoms with E-state index in [1.54, 1.807) is 0 Å². The molecule has 0 aliphatic carbocycles. The van der Waals surface area contributed by atoms with Crippen LogP contribution in [0.3, 0.4) is 0 Å². The van der Waals surface area contributed by atoms with Gasteiger partial charge in [-0.05, 0) is 12.5 Å². The Hall–Kier alpha value is -1.88. The largest absolute Gasteiger partial charge is 0.379 e. The molecule has 7 nitrogen and oxygen atoms in total. The topological polar surface area (TPSA) is 76.5 Å². The highest BCUT2D eigenvalue weighted by atomic mass is 32.2. The van der Waals surface area contributed by atoms with Gasteiger partial charge in [0.2, 0.25) is 10.0 Å². The highest BCUT2D eigenvalue weighted by Crippen LogP contribution is 2.23. The van der Waals surface area contributed by atoms with E-state index in [0.29, 0.717) is 31.0 Å².